The highest BCUT2D eigenvalue weighted by atomic mass is 16.4. The number of amides is 2. The average molecular weight is 241 g/mol. The van der Waals surface area contributed by atoms with Crippen molar-refractivity contribution >= 4 is 12.0 Å². The number of carbonyl (C=O) groups is 2. The summed E-state index contributed by atoms with van der Waals surface area (Å²) in [5.74, 6) is -0.850. The summed E-state index contributed by atoms with van der Waals surface area (Å²) >= 11 is 0. The molecule has 2 aliphatic heterocycles. The first-order valence-corrected chi connectivity index (χ1v) is 5.97. The van der Waals surface area contributed by atoms with Crippen molar-refractivity contribution in [1.29, 1.82) is 0 Å². The van der Waals surface area contributed by atoms with E-state index in [1.165, 1.54) is 0 Å². The molecule has 2 heterocycles. The lowest BCUT2D eigenvalue weighted by Crippen LogP contribution is -2.61. The Morgan fingerprint density at radius 3 is 2.88 bits per heavy atom. The Morgan fingerprint density at radius 1 is 1.59 bits per heavy atom. The van der Waals surface area contributed by atoms with Gasteiger partial charge < -0.3 is 20.2 Å². The van der Waals surface area contributed by atoms with E-state index in [0.717, 1.165) is 6.54 Å². The fraction of sp³-hybridized carbons (Fsp3) is 0.818. The van der Waals surface area contributed by atoms with Crippen molar-refractivity contribution < 1.29 is 14.7 Å². The Bertz CT molecular complexity index is 345. The van der Waals surface area contributed by atoms with Crippen LogP contribution in [-0.2, 0) is 4.79 Å². The Morgan fingerprint density at radius 2 is 2.29 bits per heavy atom. The van der Waals surface area contributed by atoms with E-state index in [4.69, 9.17) is 5.11 Å². The fourth-order valence-corrected chi connectivity index (χ4v) is 2.72. The van der Waals surface area contributed by atoms with Crippen molar-refractivity contribution in [3.05, 3.63) is 0 Å². The van der Waals surface area contributed by atoms with Crippen LogP contribution in [0.1, 0.15) is 20.3 Å². The summed E-state index contributed by atoms with van der Waals surface area (Å²) in [4.78, 5) is 26.7. The van der Waals surface area contributed by atoms with Crippen molar-refractivity contribution in [3.8, 4) is 0 Å². The van der Waals surface area contributed by atoms with Crippen LogP contribution in [0.3, 0.4) is 0 Å². The van der Waals surface area contributed by atoms with Gasteiger partial charge in [0.15, 0.2) is 0 Å². The molecule has 6 nitrogen and oxygen atoms in total. The van der Waals surface area contributed by atoms with Crippen LogP contribution in [0, 0.1) is 0 Å². The number of aliphatic carboxylic acids is 1. The molecule has 2 saturated heterocycles. The summed E-state index contributed by atoms with van der Waals surface area (Å²) < 4.78 is 0. The number of piperazine rings is 1. The zero-order valence-electron chi connectivity index (χ0n) is 10.3. The van der Waals surface area contributed by atoms with Gasteiger partial charge >= 0.3 is 12.0 Å². The first-order valence-electron chi connectivity index (χ1n) is 5.97. The van der Waals surface area contributed by atoms with Crippen molar-refractivity contribution in [2.75, 3.05) is 26.2 Å². The molecule has 2 fully saturated rings. The second-order valence-electron chi connectivity index (χ2n) is 5.13. The van der Waals surface area contributed by atoms with E-state index in [2.05, 4.69) is 5.32 Å². The van der Waals surface area contributed by atoms with Crippen molar-refractivity contribution in [3.63, 3.8) is 0 Å². The molecule has 2 N–H and O–H groups in total. The Kier molecular flexibility index (Phi) is 2.99. The van der Waals surface area contributed by atoms with Gasteiger partial charge in [-0.15, -0.1) is 0 Å². The van der Waals surface area contributed by atoms with Crippen LogP contribution < -0.4 is 5.32 Å². The molecule has 96 valence electrons. The maximum Gasteiger partial charge on any atom is 0.320 e. The van der Waals surface area contributed by atoms with Crippen LogP contribution >= 0.6 is 0 Å². The third kappa shape index (κ3) is 1.97. The quantitative estimate of drug-likeness (QED) is 0.726. The van der Waals surface area contributed by atoms with Gasteiger partial charge in [-0.25, -0.2) is 4.79 Å². The molecule has 0 unspecified atom stereocenters. The molecule has 0 spiro atoms. The smallest absolute Gasteiger partial charge is 0.320 e. The van der Waals surface area contributed by atoms with Crippen LogP contribution in [0.25, 0.3) is 0 Å². The van der Waals surface area contributed by atoms with E-state index >= 15 is 0 Å². The molecule has 0 aromatic rings. The number of nitrogens with zero attached hydrogens (tertiary/aromatic N) is 2. The van der Waals surface area contributed by atoms with E-state index < -0.39 is 11.5 Å². The molecule has 0 saturated carbocycles. The first kappa shape index (κ1) is 12.2. The van der Waals surface area contributed by atoms with Gasteiger partial charge in [0.2, 0.25) is 0 Å². The zero-order chi connectivity index (χ0) is 12.6. The summed E-state index contributed by atoms with van der Waals surface area (Å²) in [6, 6.07) is 0.0847. The van der Waals surface area contributed by atoms with Crippen LogP contribution in [0.4, 0.5) is 4.79 Å². The SMILES string of the molecule is CC(C)N1C[C@]2(CC(=O)O)CNCCN2C1=O. The lowest BCUT2D eigenvalue weighted by molar-refractivity contribution is -0.139. The largest absolute Gasteiger partial charge is 0.481 e. The number of rotatable bonds is 3. The molecule has 0 aromatic heterocycles. The van der Waals surface area contributed by atoms with Crippen LogP contribution in [0.15, 0.2) is 0 Å². The highest BCUT2D eigenvalue weighted by Crippen LogP contribution is 2.32. The van der Waals surface area contributed by atoms with Gasteiger partial charge in [0.1, 0.15) is 0 Å². The Balaban J connectivity index is 2.27. The molecular formula is C11H19N3O3. The molecule has 2 aliphatic rings. The van der Waals surface area contributed by atoms with Crippen LogP contribution in [0.2, 0.25) is 0 Å². The lowest BCUT2D eigenvalue weighted by atomic mass is 9.92. The standard InChI is InChI=1S/C11H19N3O3/c1-8(2)13-7-11(5-9(15)16)6-12-3-4-14(11)10(13)17/h8,12H,3-7H2,1-2H3,(H,15,16)/t11-/m0/s1. The fourth-order valence-electron chi connectivity index (χ4n) is 2.72. The molecule has 6 heteroatoms. The van der Waals surface area contributed by atoms with E-state index in [9.17, 15) is 9.59 Å². The van der Waals surface area contributed by atoms with E-state index in [1.807, 2.05) is 13.8 Å². The Labute approximate surface area is 101 Å². The summed E-state index contributed by atoms with van der Waals surface area (Å²) in [7, 11) is 0. The summed E-state index contributed by atoms with van der Waals surface area (Å²) in [5, 5.41) is 12.2. The molecular weight excluding hydrogens is 222 g/mol. The monoisotopic (exact) mass is 241 g/mol. The number of nitrogens with one attached hydrogen (secondary N) is 1. The number of urea groups is 1. The maximum atomic E-state index is 12.2. The van der Waals surface area contributed by atoms with Crippen LogP contribution in [-0.4, -0.2) is 64.7 Å². The summed E-state index contributed by atoms with van der Waals surface area (Å²) in [6.45, 7) is 6.31. The number of fused-ring (bicyclic) bond motifs is 1. The number of carboxylic acids is 1. The second kappa shape index (κ2) is 4.18. The summed E-state index contributed by atoms with van der Waals surface area (Å²) in [6.07, 6.45) is 0.00889. The van der Waals surface area contributed by atoms with Gasteiger partial charge in [0.25, 0.3) is 0 Å². The topological polar surface area (TPSA) is 72.9 Å². The molecule has 0 aliphatic carbocycles. The molecule has 0 radical (unpaired) electrons. The Hall–Kier alpha value is -1.30. The minimum Gasteiger partial charge on any atom is -0.481 e. The molecule has 0 bridgehead atoms. The molecule has 2 rings (SSSR count). The first-order chi connectivity index (χ1) is 7.96. The third-order valence-corrected chi connectivity index (χ3v) is 3.58. The van der Waals surface area contributed by atoms with Gasteiger partial charge in [-0.1, -0.05) is 0 Å². The third-order valence-electron chi connectivity index (χ3n) is 3.58. The van der Waals surface area contributed by atoms with Crippen molar-refractivity contribution in [2.24, 2.45) is 0 Å². The highest BCUT2D eigenvalue weighted by Gasteiger charge is 2.52. The minimum atomic E-state index is -0.850. The van der Waals surface area contributed by atoms with Crippen molar-refractivity contribution in [2.45, 2.75) is 31.8 Å². The van der Waals surface area contributed by atoms with Gasteiger partial charge in [-0.05, 0) is 13.8 Å². The number of carbonyl (C=O) groups excluding carboxylic acids is 1. The minimum absolute atomic E-state index is 0.00889. The lowest BCUT2D eigenvalue weighted by Gasteiger charge is -2.40. The average Bonchev–Trinajstić information content (AvgIpc) is 2.52. The molecule has 2 amide bonds. The van der Waals surface area contributed by atoms with Crippen LogP contribution in [0.5, 0.6) is 0 Å². The molecule has 1 atom stereocenters. The van der Waals surface area contributed by atoms with Gasteiger partial charge in [0, 0.05) is 32.2 Å². The van der Waals surface area contributed by atoms with E-state index in [1.54, 1.807) is 9.80 Å². The van der Waals surface area contributed by atoms with Gasteiger partial charge in [-0.2, -0.15) is 0 Å². The highest BCUT2D eigenvalue weighted by molar-refractivity contribution is 5.81. The molecule has 0 aromatic carbocycles. The maximum absolute atomic E-state index is 12.2. The number of hydrogen-bond donors (Lipinski definition) is 2. The predicted octanol–water partition coefficient (Wildman–Crippen LogP) is -0.0509. The summed E-state index contributed by atoms with van der Waals surface area (Å²) in [5.41, 5.74) is -0.564. The van der Waals surface area contributed by atoms with E-state index in [-0.39, 0.29) is 18.5 Å². The zero-order valence-corrected chi connectivity index (χ0v) is 10.3. The number of carboxylic acid groups (broad SMARTS) is 1. The normalized spacial score (nSPS) is 28.8. The number of hydrogen-bond acceptors (Lipinski definition) is 3. The van der Waals surface area contributed by atoms with Gasteiger partial charge in [-0.3, -0.25) is 4.79 Å². The van der Waals surface area contributed by atoms with Gasteiger partial charge in [0.05, 0.1) is 12.0 Å². The molecule has 17 heavy (non-hydrogen) atoms. The van der Waals surface area contributed by atoms with Crippen molar-refractivity contribution in [1.82, 2.24) is 15.1 Å². The van der Waals surface area contributed by atoms with E-state index in [0.29, 0.717) is 19.6 Å². The second-order valence-corrected chi connectivity index (χ2v) is 5.13. The predicted molar refractivity (Wildman–Crippen MR) is 61.8 cm³/mol.